The highest BCUT2D eigenvalue weighted by Crippen LogP contribution is 2.43. The van der Waals surface area contributed by atoms with Crippen LogP contribution in [0.2, 0.25) is 0 Å². The first-order valence-electron chi connectivity index (χ1n) is 4.16. The Morgan fingerprint density at radius 3 is 2.20 bits per heavy atom. The van der Waals surface area contributed by atoms with Crippen LogP contribution in [0.25, 0.3) is 0 Å². The van der Waals surface area contributed by atoms with Crippen molar-refractivity contribution in [2.45, 2.75) is 36.2 Å². The Kier molecular flexibility index (Phi) is 2.19. The first-order valence-corrected chi connectivity index (χ1v) is 5.72. The summed E-state index contributed by atoms with van der Waals surface area (Å²) in [6.45, 7) is 0. The molecule has 0 bridgehead atoms. The maximum Gasteiger partial charge on any atom is 0.0166 e. The molecule has 1 atom stereocenters. The van der Waals surface area contributed by atoms with Gasteiger partial charge in [0.25, 0.3) is 0 Å². The van der Waals surface area contributed by atoms with Gasteiger partial charge in [-0.25, -0.2) is 0 Å². The van der Waals surface area contributed by atoms with Gasteiger partial charge < -0.3 is 0 Å². The molecule has 0 radical (unpaired) electrons. The molecule has 0 nitrogen and oxygen atoms in total. The number of hydrogen-bond donors (Lipinski definition) is 1. The summed E-state index contributed by atoms with van der Waals surface area (Å²) in [4.78, 5) is 0. The van der Waals surface area contributed by atoms with Crippen LogP contribution in [0, 0.1) is 5.92 Å². The molecular formula is C8H14S2. The lowest BCUT2D eigenvalue weighted by Crippen LogP contribution is -2.17. The van der Waals surface area contributed by atoms with Gasteiger partial charge >= 0.3 is 0 Å². The van der Waals surface area contributed by atoms with Gasteiger partial charge in [0, 0.05) is 16.3 Å². The molecule has 0 spiro atoms. The summed E-state index contributed by atoms with van der Waals surface area (Å²) in [5.41, 5.74) is 0. The van der Waals surface area contributed by atoms with Crippen LogP contribution >= 0.6 is 24.4 Å². The van der Waals surface area contributed by atoms with Crippen LogP contribution in [0.5, 0.6) is 0 Å². The second-order valence-corrected chi connectivity index (χ2v) is 5.44. The minimum atomic E-state index is 0.722. The van der Waals surface area contributed by atoms with Crippen molar-refractivity contribution in [3.8, 4) is 0 Å². The quantitative estimate of drug-likeness (QED) is 0.471. The molecule has 1 saturated carbocycles. The number of hydrogen-bond acceptors (Lipinski definition) is 2. The van der Waals surface area contributed by atoms with Crippen molar-refractivity contribution in [3.05, 3.63) is 0 Å². The average Bonchev–Trinajstić information content (AvgIpc) is 2.71. The van der Waals surface area contributed by atoms with Crippen LogP contribution < -0.4 is 0 Å². The van der Waals surface area contributed by atoms with Crippen LogP contribution in [-0.4, -0.2) is 16.3 Å². The summed E-state index contributed by atoms with van der Waals surface area (Å²) in [5, 5.41) is 1.78. The minimum Gasteiger partial charge on any atom is -0.176 e. The monoisotopic (exact) mass is 174 g/mol. The fourth-order valence-electron chi connectivity index (χ4n) is 1.80. The third-order valence-electron chi connectivity index (χ3n) is 2.63. The molecular weight excluding hydrogens is 160 g/mol. The molecule has 0 amide bonds. The Balaban J connectivity index is 1.79. The van der Waals surface area contributed by atoms with Crippen LogP contribution in [0.3, 0.4) is 0 Å². The van der Waals surface area contributed by atoms with Crippen molar-refractivity contribution < 1.29 is 0 Å². The Labute approximate surface area is 72.6 Å². The summed E-state index contributed by atoms with van der Waals surface area (Å²) in [6.07, 6.45) is 5.63. The molecule has 2 aliphatic rings. The molecule has 0 aromatic rings. The fraction of sp³-hybridized carbons (Fsp3) is 1.00. The van der Waals surface area contributed by atoms with Gasteiger partial charge in [-0.05, 0) is 31.6 Å². The van der Waals surface area contributed by atoms with Crippen molar-refractivity contribution >= 4 is 24.4 Å². The number of thioether (sulfide) groups is 1. The van der Waals surface area contributed by atoms with Crippen LogP contribution in [0.4, 0.5) is 0 Å². The second-order valence-electron chi connectivity index (χ2n) is 3.44. The van der Waals surface area contributed by atoms with Crippen molar-refractivity contribution in [1.29, 1.82) is 0 Å². The number of rotatable bonds is 1. The van der Waals surface area contributed by atoms with E-state index in [2.05, 4.69) is 24.4 Å². The molecule has 1 aliphatic heterocycles. The lowest BCUT2D eigenvalue weighted by atomic mass is 9.87. The third-order valence-corrected chi connectivity index (χ3v) is 4.25. The Bertz CT molecular complexity index is 112. The SMILES string of the molecule is SC1CCC(C2CS2)CC1. The molecule has 1 saturated heterocycles. The van der Waals surface area contributed by atoms with Crippen molar-refractivity contribution in [1.82, 2.24) is 0 Å². The lowest BCUT2D eigenvalue weighted by molar-refractivity contribution is 0.377. The molecule has 0 aromatic carbocycles. The zero-order valence-electron chi connectivity index (χ0n) is 6.12. The number of thiol groups is 1. The Morgan fingerprint density at radius 1 is 1.10 bits per heavy atom. The van der Waals surface area contributed by atoms with E-state index in [9.17, 15) is 0 Å². The van der Waals surface area contributed by atoms with Gasteiger partial charge in [-0.15, -0.1) is 0 Å². The van der Waals surface area contributed by atoms with Gasteiger partial charge in [0.05, 0.1) is 0 Å². The van der Waals surface area contributed by atoms with E-state index < -0.39 is 0 Å². The van der Waals surface area contributed by atoms with E-state index in [4.69, 9.17) is 0 Å². The largest absolute Gasteiger partial charge is 0.176 e. The van der Waals surface area contributed by atoms with Crippen molar-refractivity contribution in [3.63, 3.8) is 0 Å². The van der Waals surface area contributed by atoms with Gasteiger partial charge in [0.15, 0.2) is 0 Å². The maximum absolute atomic E-state index is 4.48. The second kappa shape index (κ2) is 2.98. The minimum absolute atomic E-state index is 0.722. The van der Waals surface area contributed by atoms with Crippen LogP contribution in [0.15, 0.2) is 0 Å². The Morgan fingerprint density at radius 2 is 1.70 bits per heavy atom. The van der Waals surface area contributed by atoms with E-state index in [-0.39, 0.29) is 0 Å². The normalized spacial score (nSPS) is 47.1. The molecule has 1 aliphatic carbocycles. The lowest BCUT2D eigenvalue weighted by Gasteiger charge is -2.24. The van der Waals surface area contributed by atoms with E-state index in [1.165, 1.54) is 31.4 Å². The summed E-state index contributed by atoms with van der Waals surface area (Å²) in [7, 11) is 0. The van der Waals surface area contributed by atoms with Crippen molar-refractivity contribution in [2.24, 2.45) is 5.92 Å². The molecule has 10 heavy (non-hydrogen) atoms. The van der Waals surface area contributed by atoms with E-state index in [0.717, 1.165) is 16.4 Å². The molecule has 1 heterocycles. The predicted molar refractivity (Wildman–Crippen MR) is 51.0 cm³/mol. The van der Waals surface area contributed by atoms with E-state index in [0.29, 0.717) is 0 Å². The van der Waals surface area contributed by atoms with E-state index in [1.807, 2.05) is 0 Å². The van der Waals surface area contributed by atoms with Gasteiger partial charge in [0.2, 0.25) is 0 Å². The average molecular weight is 174 g/mol. The standard InChI is InChI=1S/C8H14S2/c9-7-3-1-6(2-4-7)8-5-10-8/h6-9H,1-5H2. The molecule has 2 fully saturated rings. The zero-order chi connectivity index (χ0) is 6.97. The topological polar surface area (TPSA) is 0 Å². The van der Waals surface area contributed by atoms with Crippen LogP contribution in [0.1, 0.15) is 25.7 Å². The van der Waals surface area contributed by atoms with Gasteiger partial charge in [-0.1, -0.05) is 0 Å². The molecule has 0 N–H and O–H groups in total. The molecule has 2 rings (SSSR count). The molecule has 2 heteroatoms. The smallest absolute Gasteiger partial charge is 0.0166 e. The fourth-order valence-corrected chi connectivity index (χ4v) is 3.03. The predicted octanol–water partition coefficient (Wildman–Crippen LogP) is 2.59. The van der Waals surface area contributed by atoms with Crippen LogP contribution in [-0.2, 0) is 0 Å². The van der Waals surface area contributed by atoms with Gasteiger partial charge in [0.1, 0.15) is 0 Å². The van der Waals surface area contributed by atoms with Crippen molar-refractivity contribution in [2.75, 3.05) is 5.75 Å². The molecule has 1 unspecified atom stereocenters. The maximum atomic E-state index is 4.48. The van der Waals surface area contributed by atoms with E-state index >= 15 is 0 Å². The van der Waals surface area contributed by atoms with Gasteiger partial charge in [-0.3, -0.25) is 0 Å². The first kappa shape index (κ1) is 7.35. The summed E-state index contributed by atoms with van der Waals surface area (Å²) in [6, 6.07) is 0. The zero-order valence-corrected chi connectivity index (χ0v) is 7.83. The first-order chi connectivity index (χ1) is 4.86. The van der Waals surface area contributed by atoms with Gasteiger partial charge in [-0.2, -0.15) is 24.4 Å². The summed E-state index contributed by atoms with van der Waals surface area (Å²) in [5.74, 6) is 2.51. The Hall–Kier alpha value is 0.700. The summed E-state index contributed by atoms with van der Waals surface area (Å²) >= 11 is 6.64. The highest BCUT2D eigenvalue weighted by molar-refractivity contribution is 8.06. The highest BCUT2D eigenvalue weighted by Gasteiger charge is 2.33. The summed E-state index contributed by atoms with van der Waals surface area (Å²) < 4.78 is 0. The molecule has 0 aromatic heterocycles. The molecule has 58 valence electrons. The van der Waals surface area contributed by atoms with E-state index in [1.54, 1.807) is 0 Å². The third kappa shape index (κ3) is 1.65. The highest BCUT2D eigenvalue weighted by atomic mass is 32.2.